The lowest BCUT2D eigenvalue weighted by Crippen LogP contribution is -2.59. The molecule has 41 heavy (non-hydrogen) atoms. The number of halogens is 2. The van der Waals surface area contributed by atoms with Crippen LogP contribution < -0.4 is 0 Å². The Morgan fingerprint density at radius 2 is 1.59 bits per heavy atom. The minimum Gasteiger partial charge on any atom is -0.444 e. The van der Waals surface area contributed by atoms with Gasteiger partial charge in [-0.2, -0.15) is 0 Å². The summed E-state index contributed by atoms with van der Waals surface area (Å²) in [6.45, 7) is 16.8. The molecule has 2 aromatic rings. The lowest BCUT2D eigenvalue weighted by Gasteiger charge is -2.48. The highest BCUT2D eigenvalue weighted by molar-refractivity contribution is 6.42. The largest absolute Gasteiger partial charge is 0.444 e. The second kappa shape index (κ2) is 12.9. The predicted octanol–water partition coefficient (Wildman–Crippen LogP) is 7.76. The third-order valence-corrected chi connectivity index (χ3v) is 8.89. The maximum Gasteiger partial charge on any atom is 0.410 e. The predicted molar refractivity (Wildman–Crippen MR) is 167 cm³/mol. The number of hydrogen-bond donors (Lipinski definition) is 0. The zero-order valence-electron chi connectivity index (χ0n) is 25.4. The van der Waals surface area contributed by atoms with Gasteiger partial charge in [-0.3, -0.25) is 9.69 Å². The quantitative estimate of drug-likeness (QED) is 0.351. The molecule has 2 fully saturated rings. The van der Waals surface area contributed by atoms with Crippen LogP contribution in [0.4, 0.5) is 4.79 Å². The molecule has 2 saturated heterocycles. The van der Waals surface area contributed by atoms with Crippen LogP contribution >= 0.6 is 23.2 Å². The van der Waals surface area contributed by atoms with Crippen molar-refractivity contribution in [2.24, 2.45) is 11.3 Å². The van der Waals surface area contributed by atoms with Gasteiger partial charge in [-0.15, -0.1) is 0 Å². The summed E-state index contributed by atoms with van der Waals surface area (Å²) in [6, 6.07) is 14.3. The minimum absolute atomic E-state index is 0.0579. The molecule has 224 valence electrons. The maximum atomic E-state index is 13.7. The van der Waals surface area contributed by atoms with Crippen molar-refractivity contribution in [2.75, 3.05) is 32.7 Å². The van der Waals surface area contributed by atoms with Crippen LogP contribution in [0.5, 0.6) is 0 Å². The first-order valence-corrected chi connectivity index (χ1v) is 15.5. The Kier molecular flexibility index (Phi) is 9.98. The van der Waals surface area contributed by atoms with Gasteiger partial charge in [0.1, 0.15) is 5.60 Å². The van der Waals surface area contributed by atoms with Gasteiger partial charge in [0.25, 0.3) is 0 Å². The molecule has 0 saturated carbocycles. The van der Waals surface area contributed by atoms with Gasteiger partial charge in [-0.05, 0) is 73.8 Å². The molecule has 0 bridgehead atoms. The van der Waals surface area contributed by atoms with Crippen LogP contribution in [-0.2, 0) is 16.1 Å². The number of rotatable bonds is 5. The van der Waals surface area contributed by atoms with Crippen molar-refractivity contribution in [3.8, 4) is 11.1 Å². The number of likely N-dealkylation sites (tertiary alicyclic amines) is 1. The molecule has 2 aliphatic rings. The number of hydrogen-bond acceptors (Lipinski definition) is 4. The highest BCUT2D eigenvalue weighted by Gasteiger charge is 2.39. The summed E-state index contributed by atoms with van der Waals surface area (Å²) >= 11 is 12.5. The van der Waals surface area contributed by atoms with Crippen LogP contribution in [0, 0.1) is 11.3 Å². The van der Waals surface area contributed by atoms with Gasteiger partial charge in [0.2, 0.25) is 5.91 Å². The molecule has 2 aromatic carbocycles. The van der Waals surface area contributed by atoms with E-state index in [0.29, 0.717) is 36.1 Å². The van der Waals surface area contributed by atoms with Crippen molar-refractivity contribution in [2.45, 2.75) is 79.0 Å². The Morgan fingerprint density at radius 3 is 2.22 bits per heavy atom. The van der Waals surface area contributed by atoms with Gasteiger partial charge in [0.15, 0.2) is 0 Å². The van der Waals surface area contributed by atoms with Gasteiger partial charge < -0.3 is 14.5 Å². The Morgan fingerprint density at radius 1 is 0.902 bits per heavy atom. The highest BCUT2D eigenvalue weighted by atomic mass is 35.5. The molecule has 6 nitrogen and oxygen atoms in total. The van der Waals surface area contributed by atoms with E-state index in [-0.39, 0.29) is 29.4 Å². The van der Waals surface area contributed by atoms with Crippen LogP contribution in [-0.4, -0.2) is 71.1 Å². The third-order valence-electron chi connectivity index (χ3n) is 8.16. The third kappa shape index (κ3) is 8.39. The van der Waals surface area contributed by atoms with Gasteiger partial charge in [-0.25, -0.2) is 4.79 Å². The normalized spacial score (nSPS) is 19.4. The molecule has 1 atom stereocenters. The van der Waals surface area contributed by atoms with Crippen molar-refractivity contribution in [1.29, 1.82) is 0 Å². The number of piperidine rings is 1. The Labute approximate surface area is 255 Å². The van der Waals surface area contributed by atoms with Crippen LogP contribution in [0.3, 0.4) is 0 Å². The van der Waals surface area contributed by atoms with Gasteiger partial charge >= 0.3 is 6.09 Å². The van der Waals surface area contributed by atoms with Crippen LogP contribution in [0.25, 0.3) is 11.1 Å². The fraction of sp³-hybridized carbons (Fsp3) is 0.576. The molecule has 2 aliphatic heterocycles. The first-order valence-electron chi connectivity index (χ1n) is 14.7. The monoisotopic (exact) mass is 601 g/mol. The van der Waals surface area contributed by atoms with Gasteiger partial charge in [0, 0.05) is 51.7 Å². The second-order valence-corrected chi connectivity index (χ2v) is 14.4. The molecule has 2 amide bonds. The molecular formula is C33H45Cl2N3O3. The van der Waals surface area contributed by atoms with E-state index in [1.165, 1.54) is 5.56 Å². The van der Waals surface area contributed by atoms with Crippen LogP contribution in [0.15, 0.2) is 42.5 Å². The molecule has 0 aliphatic carbocycles. The van der Waals surface area contributed by atoms with E-state index < -0.39 is 5.60 Å². The lowest BCUT2D eigenvalue weighted by atomic mass is 9.83. The standard InChI is InChI=1S/C33H45Cl2N3O3/c1-32(2,3)29-22-36(21-25-9-7-8-10-26(25)24-11-12-27(34)28(35)20-24)17-18-38(29)30(39)19-23-13-15-37(16-14-23)31(40)41-33(4,5)6/h7-12,20,23,29H,13-19,21-22H2,1-6H3. The molecule has 0 spiro atoms. The van der Waals surface area contributed by atoms with E-state index in [2.05, 4.69) is 48.8 Å². The number of ether oxygens (including phenoxy) is 1. The fourth-order valence-electron chi connectivity index (χ4n) is 5.88. The summed E-state index contributed by atoms with van der Waals surface area (Å²) < 4.78 is 5.53. The minimum atomic E-state index is -0.500. The second-order valence-electron chi connectivity index (χ2n) is 13.6. The van der Waals surface area contributed by atoms with Gasteiger partial charge in [-0.1, -0.05) is 74.3 Å². The highest BCUT2D eigenvalue weighted by Crippen LogP contribution is 2.34. The number of benzene rings is 2. The molecule has 0 radical (unpaired) electrons. The summed E-state index contributed by atoms with van der Waals surface area (Å²) in [6.07, 6.45) is 1.94. The Bertz CT molecular complexity index is 1230. The summed E-state index contributed by atoms with van der Waals surface area (Å²) in [4.78, 5) is 32.5. The van der Waals surface area contributed by atoms with E-state index in [0.717, 1.165) is 43.6 Å². The van der Waals surface area contributed by atoms with Crippen molar-refractivity contribution in [3.63, 3.8) is 0 Å². The summed E-state index contributed by atoms with van der Waals surface area (Å²) in [7, 11) is 0. The first kappa shape index (κ1) is 31.7. The van der Waals surface area contributed by atoms with Crippen molar-refractivity contribution in [1.82, 2.24) is 14.7 Å². The smallest absolute Gasteiger partial charge is 0.410 e. The Hall–Kier alpha value is -2.28. The van der Waals surface area contributed by atoms with Crippen molar-refractivity contribution < 1.29 is 14.3 Å². The SMILES string of the molecule is CC(C)(C)OC(=O)N1CCC(CC(=O)N2CCN(Cc3ccccc3-c3ccc(Cl)c(Cl)c3)CC2C(C)(C)C)CC1. The number of piperazine rings is 1. The van der Waals surface area contributed by atoms with Crippen molar-refractivity contribution >= 4 is 35.2 Å². The Balaban J connectivity index is 1.38. The molecule has 8 heteroatoms. The number of carbonyl (C=O) groups is 2. The van der Waals surface area contributed by atoms with Gasteiger partial charge in [0.05, 0.1) is 10.0 Å². The fourth-order valence-corrected chi connectivity index (χ4v) is 6.18. The number of nitrogens with zero attached hydrogens (tertiary/aromatic N) is 3. The molecule has 1 unspecified atom stereocenters. The van der Waals surface area contributed by atoms with Crippen LogP contribution in [0.2, 0.25) is 10.0 Å². The number of amides is 2. The van der Waals surface area contributed by atoms with E-state index in [9.17, 15) is 9.59 Å². The molecule has 4 rings (SSSR count). The molecule has 2 heterocycles. The maximum absolute atomic E-state index is 13.7. The van der Waals surface area contributed by atoms with E-state index in [1.807, 2.05) is 45.0 Å². The zero-order chi connectivity index (χ0) is 29.9. The van der Waals surface area contributed by atoms with E-state index >= 15 is 0 Å². The zero-order valence-corrected chi connectivity index (χ0v) is 26.9. The molecule has 0 N–H and O–H groups in total. The summed E-state index contributed by atoms with van der Waals surface area (Å²) in [5, 5.41) is 1.10. The first-order chi connectivity index (χ1) is 19.2. The van der Waals surface area contributed by atoms with E-state index in [1.54, 1.807) is 4.90 Å². The topological polar surface area (TPSA) is 53.1 Å². The molecule has 0 aromatic heterocycles. The van der Waals surface area contributed by atoms with E-state index in [4.69, 9.17) is 27.9 Å². The summed E-state index contributed by atoms with van der Waals surface area (Å²) in [5.41, 5.74) is 2.87. The average molecular weight is 603 g/mol. The number of carbonyl (C=O) groups excluding carboxylic acids is 2. The summed E-state index contributed by atoms with van der Waals surface area (Å²) in [5.74, 6) is 0.523. The average Bonchev–Trinajstić information content (AvgIpc) is 2.89. The lowest BCUT2D eigenvalue weighted by molar-refractivity contribution is -0.141. The van der Waals surface area contributed by atoms with Crippen molar-refractivity contribution in [3.05, 3.63) is 58.1 Å². The molecular weight excluding hydrogens is 557 g/mol. The van der Waals surface area contributed by atoms with Crippen LogP contribution in [0.1, 0.15) is 66.4 Å².